The molecule has 0 unspecified atom stereocenters. The lowest BCUT2D eigenvalue weighted by Gasteiger charge is -2.11. The van der Waals surface area contributed by atoms with E-state index in [1.165, 1.54) is 0 Å². The average molecular weight is 242 g/mol. The Kier molecular flexibility index (Phi) is 5.28. The molecular formula is C11H18N2O2S. The summed E-state index contributed by atoms with van der Waals surface area (Å²) < 4.78 is 23.7. The monoisotopic (exact) mass is 242 g/mol. The van der Waals surface area contributed by atoms with Crippen molar-refractivity contribution in [2.45, 2.75) is 12.8 Å². The standard InChI is InChI=1S/C11H18N2O2S/c1-13(2)9-5-7-10-6-3-4-8-11(10)12-16(14)15/h3-4,6,8,16H,5,7,9H2,1-2H3,(H,12,14,15). The molecule has 0 saturated carbocycles. The van der Waals surface area contributed by atoms with E-state index in [1.54, 1.807) is 6.07 Å². The summed E-state index contributed by atoms with van der Waals surface area (Å²) >= 11 is 0. The predicted molar refractivity (Wildman–Crippen MR) is 67.3 cm³/mol. The molecule has 0 radical (unpaired) electrons. The summed E-state index contributed by atoms with van der Waals surface area (Å²) in [4.78, 5) is 2.12. The van der Waals surface area contributed by atoms with Crippen molar-refractivity contribution in [1.82, 2.24) is 4.90 Å². The molecule has 1 N–H and O–H groups in total. The zero-order chi connectivity index (χ0) is 12.0. The highest BCUT2D eigenvalue weighted by atomic mass is 32.2. The van der Waals surface area contributed by atoms with E-state index in [1.807, 2.05) is 32.3 Å². The maximum absolute atomic E-state index is 10.6. The number of rotatable bonds is 6. The number of hydrogen-bond acceptors (Lipinski definition) is 3. The van der Waals surface area contributed by atoms with Gasteiger partial charge >= 0.3 is 0 Å². The van der Waals surface area contributed by atoms with Gasteiger partial charge in [-0.1, -0.05) is 18.2 Å². The molecule has 0 aliphatic rings. The Morgan fingerprint density at radius 3 is 2.56 bits per heavy atom. The summed E-state index contributed by atoms with van der Waals surface area (Å²) in [5.41, 5.74) is 1.74. The van der Waals surface area contributed by atoms with Crippen LogP contribution in [0.2, 0.25) is 0 Å². The predicted octanol–water partition coefficient (Wildman–Crippen LogP) is 1.12. The highest BCUT2D eigenvalue weighted by Crippen LogP contribution is 2.16. The summed E-state index contributed by atoms with van der Waals surface area (Å²) in [7, 11) is 1.47. The highest BCUT2D eigenvalue weighted by molar-refractivity contribution is 7.73. The molecule has 16 heavy (non-hydrogen) atoms. The second-order valence-electron chi connectivity index (χ2n) is 3.93. The molecule has 90 valence electrons. The summed E-state index contributed by atoms with van der Waals surface area (Å²) in [6.45, 7) is 0.998. The van der Waals surface area contributed by atoms with Gasteiger partial charge in [0.1, 0.15) is 0 Å². The van der Waals surface area contributed by atoms with E-state index in [-0.39, 0.29) is 0 Å². The first-order valence-corrected chi connectivity index (χ1v) is 6.41. The topological polar surface area (TPSA) is 49.4 Å². The van der Waals surface area contributed by atoms with Gasteiger partial charge in [-0.2, -0.15) is 0 Å². The molecule has 5 heteroatoms. The first-order valence-electron chi connectivity index (χ1n) is 5.23. The molecule has 0 aliphatic carbocycles. The summed E-state index contributed by atoms with van der Waals surface area (Å²) in [6.07, 6.45) is 1.89. The number of para-hydroxylation sites is 1. The van der Waals surface area contributed by atoms with Gasteiger partial charge in [-0.15, -0.1) is 0 Å². The normalized spacial score (nSPS) is 11.0. The third-order valence-corrected chi connectivity index (χ3v) is 2.70. The van der Waals surface area contributed by atoms with E-state index < -0.39 is 10.9 Å². The Balaban J connectivity index is 2.63. The molecule has 0 atom stereocenters. The fraction of sp³-hybridized carbons (Fsp3) is 0.455. The van der Waals surface area contributed by atoms with Crippen molar-refractivity contribution >= 4 is 16.6 Å². The van der Waals surface area contributed by atoms with Crippen LogP contribution >= 0.6 is 0 Å². The lowest BCUT2D eigenvalue weighted by Crippen LogP contribution is -2.13. The second kappa shape index (κ2) is 6.50. The molecule has 0 aliphatic heterocycles. The van der Waals surface area contributed by atoms with Crippen molar-refractivity contribution < 1.29 is 8.42 Å². The summed E-state index contributed by atoms with van der Waals surface area (Å²) in [5, 5.41) is 0. The minimum atomic E-state index is -2.58. The van der Waals surface area contributed by atoms with Crippen LogP contribution in [0.5, 0.6) is 0 Å². The van der Waals surface area contributed by atoms with Crippen LogP contribution in [0, 0.1) is 0 Å². The van der Waals surface area contributed by atoms with E-state index in [9.17, 15) is 8.42 Å². The van der Waals surface area contributed by atoms with Crippen LogP contribution in [0.15, 0.2) is 24.3 Å². The average Bonchev–Trinajstić information content (AvgIpc) is 2.19. The number of anilines is 1. The van der Waals surface area contributed by atoms with Gasteiger partial charge in [-0.3, -0.25) is 4.72 Å². The van der Waals surface area contributed by atoms with Crippen LogP contribution in [0.1, 0.15) is 12.0 Å². The lowest BCUT2D eigenvalue weighted by atomic mass is 10.1. The fourth-order valence-electron chi connectivity index (χ4n) is 1.53. The van der Waals surface area contributed by atoms with E-state index in [4.69, 9.17) is 0 Å². The molecule has 4 nitrogen and oxygen atoms in total. The Hall–Kier alpha value is -1.07. The number of hydrogen-bond donors (Lipinski definition) is 2. The highest BCUT2D eigenvalue weighted by Gasteiger charge is 2.01. The first-order chi connectivity index (χ1) is 7.59. The van der Waals surface area contributed by atoms with Crippen molar-refractivity contribution in [2.24, 2.45) is 0 Å². The third kappa shape index (κ3) is 4.63. The van der Waals surface area contributed by atoms with Crippen LogP contribution in [-0.4, -0.2) is 34.0 Å². The lowest BCUT2D eigenvalue weighted by molar-refractivity contribution is 0.400. The molecule has 0 amide bonds. The minimum absolute atomic E-state index is 0.692. The van der Waals surface area contributed by atoms with Crippen molar-refractivity contribution in [1.29, 1.82) is 0 Å². The van der Waals surface area contributed by atoms with Crippen molar-refractivity contribution in [2.75, 3.05) is 25.4 Å². The van der Waals surface area contributed by atoms with Gasteiger partial charge in [-0.05, 0) is 45.1 Å². The number of aryl methyl sites for hydroxylation is 1. The number of nitrogens with one attached hydrogen (secondary N) is 1. The minimum Gasteiger partial charge on any atom is -0.309 e. The van der Waals surface area contributed by atoms with Gasteiger partial charge in [0.25, 0.3) is 0 Å². The zero-order valence-electron chi connectivity index (χ0n) is 9.64. The van der Waals surface area contributed by atoms with Gasteiger partial charge < -0.3 is 4.90 Å². The SMILES string of the molecule is CN(C)CCCc1ccccc1N[SH](=O)=O. The van der Waals surface area contributed by atoms with Crippen LogP contribution in [-0.2, 0) is 17.3 Å². The third-order valence-electron chi connectivity index (χ3n) is 2.28. The van der Waals surface area contributed by atoms with Crippen molar-refractivity contribution in [3.05, 3.63) is 29.8 Å². The smallest absolute Gasteiger partial charge is 0.222 e. The molecule has 0 spiro atoms. The Bertz CT molecular complexity index is 395. The maximum atomic E-state index is 10.6. The van der Waals surface area contributed by atoms with E-state index in [2.05, 4.69) is 9.62 Å². The van der Waals surface area contributed by atoms with Gasteiger partial charge in [0.15, 0.2) is 0 Å². The molecule has 0 bridgehead atoms. The molecule has 1 aromatic rings. The van der Waals surface area contributed by atoms with Gasteiger partial charge in [-0.25, -0.2) is 8.42 Å². The largest absolute Gasteiger partial charge is 0.309 e. The zero-order valence-corrected chi connectivity index (χ0v) is 10.5. The van der Waals surface area contributed by atoms with Crippen LogP contribution in [0.3, 0.4) is 0 Å². The number of thiol groups is 1. The van der Waals surface area contributed by atoms with E-state index in [0.717, 1.165) is 24.9 Å². The van der Waals surface area contributed by atoms with Crippen LogP contribution in [0.4, 0.5) is 5.69 Å². The van der Waals surface area contributed by atoms with Crippen LogP contribution < -0.4 is 4.72 Å². The maximum Gasteiger partial charge on any atom is 0.222 e. The molecule has 1 rings (SSSR count). The van der Waals surface area contributed by atoms with Gasteiger partial charge in [0.2, 0.25) is 10.9 Å². The molecule has 0 aromatic heterocycles. The van der Waals surface area contributed by atoms with E-state index >= 15 is 0 Å². The molecule has 0 heterocycles. The van der Waals surface area contributed by atoms with Crippen molar-refractivity contribution in [3.8, 4) is 0 Å². The summed E-state index contributed by atoms with van der Waals surface area (Å²) in [5.74, 6) is 0. The molecular weight excluding hydrogens is 224 g/mol. The van der Waals surface area contributed by atoms with E-state index in [0.29, 0.717) is 5.69 Å². The quantitative estimate of drug-likeness (QED) is 0.735. The van der Waals surface area contributed by atoms with Gasteiger partial charge in [0.05, 0.1) is 5.69 Å². The Morgan fingerprint density at radius 2 is 1.94 bits per heavy atom. The molecule has 1 aromatic carbocycles. The molecule has 0 fully saturated rings. The Morgan fingerprint density at radius 1 is 1.25 bits per heavy atom. The second-order valence-corrected chi connectivity index (χ2v) is 4.67. The molecule has 0 saturated heterocycles. The number of benzene rings is 1. The number of nitrogens with zero attached hydrogens (tertiary/aromatic N) is 1. The first kappa shape index (κ1) is 13.0. The Labute approximate surface area is 98.4 Å². The van der Waals surface area contributed by atoms with Gasteiger partial charge in [0, 0.05) is 0 Å². The van der Waals surface area contributed by atoms with Crippen LogP contribution in [0.25, 0.3) is 0 Å². The van der Waals surface area contributed by atoms with Crippen molar-refractivity contribution in [3.63, 3.8) is 0 Å². The fourth-order valence-corrected chi connectivity index (χ4v) is 1.95. The summed E-state index contributed by atoms with van der Waals surface area (Å²) in [6, 6.07) is 7.50.